The van der Waals surface area contributed by atoms with Crippen LogP contribution in [0, 0.1) is 5.92 Å². The summed E-state index contributed by atoms with van der Waals surface area (Å²) in [6, 6.07) is 26.1. The lowest BCUT2D eigenvalue weighted by atomic mass is 9.91. The summed E-state index contributed by atoms with van der Waals surface area (Å²) in [5.74, 6) is 0.919. The number of nitrogens with one attached hydrogen (secondary N) is 1. The third-order valence-corrected chi connectivity index (χ3v) is 7.40. The summed E-state index contributed by atoms with van der Waals surface area (Å²) in [7, 11) is 0. The number of hydrogen-bond donors (Lipinski definition) is 2. The Balaban J connectivity index is 1.48. The first-order chi connectivity index (χ1) is 18.1. The zero-order chi connectivity index (χ0) is 26.0. The first-order valence-electron chi connectivity index (χ1n) is 12.4. The topological polar surface area (TPSA) is 77.0 Å². The normalized spacial score (nSPS) is 21.2. The van der Waals surface area contributed by atoms with Gasteiger partial charge in [0.15, 0.2) is 6.29 Å². The van der Waals surface area contributed by atoms with Gasteiger partial charge >= 0.3 is 6.09 Å². The first-order valence-corrected chi connectivity index (χ1v) is 13.3. The number of ether oxygens (including phenoxy) is 3. The van der Waals surface area contributed by atoms with E-state index in [1.165, 1.54) is 11.0 Å². The van der Waals surface area contributed by atoms with Crippen molar-refractivity contribution in [3.05, 3.63) is 114 Å². The van der Waals surface area contributed by atoms with E-state index in [-0.39, 0.29) is 31.3 Å². The number of aliphatic hydroxyl groups excluding tert-OH is 1. The molecule has 1 amide bonds. The Morgan fingerprint density at radius 3 is 2.35 bits per heavy atom. The molecule has 0 aromatic heterocycles. The van der Waals surface area contributed by atoms with Crippen LogP contribution in [0.3, 0.4) is 0 Å². The molecule has 4 atom stereocenters. The highest BCUT2D eigenvalue weighted by Gasteiger charge is 2.38. The van der Waals surface area contributed by atoms with E-state index in [0.717, 1.165) is 28.0 Å². The lowest BCUT2D eigenvalue weighted by Crippen LogP contribution is -2.38. The van der Waals surface area contributed by atoms with Crippen LogP contribution in [0.2, 0.25) is 0 Å². The Morgan fingerprint density at radius 1 is 1.00 bits per heavy atom. The minimum atomic E-state index is -0.528. The zero-order valence-corrected chi connectivity index (χ0v) is 21.7. The Hall–Kier alpha value is -3.10. The van der Waals surface area contributed by atoms with Crippen molar-refractivity contribution < 1.29 is 24.1 Å². The third kappa shape index (κ3) is 7.46. The molecule has 194 valence electrons. The van der Waals surface area contributed by atoms with Crippen molar-refractivity contribution in [2.75, 3.05) is 12.4 Å². The van der Waals surface area contributed by atoms with Gasteiger partial charge in [0, 0.05) is 28.7 Å². The average Bonchev–Trinajstić information content (AvgIpc) is 2.95. The van der Waals surface area contributed by atoms with E-state index in [1.54, 1.807) is 11.8 Å². The molecule has 1 saturated heterocycles. The van der Waals surface area contributed by atoms with Crippen LogP contribution in [-0.4, -0.2) is 29.7 Å². The number of carbonyl (C=O) groups excluding carboxylic acids is 1. The van der Waals surface area contributed by atoms with Gasteiger partial charge in [-0.1, -0.05) is 86.3 Å². The highest BCUT2D eigenvalue weighted by molar-refractivity contribution is 7.99. The van der Waals surface area contributed by atoms with E-state index >= 15 is 0 Å². The predicted octanol–water partition coefficient (Wildman–Crippen LogP) is 6.17. The highest BCUT2D eigenvalue weighted by Crippen LogP contribution is 2.43. The van der Waals surface area contributed by atoms with E-state index in [1.807, 2.05) is 66.7 Å². The maximum absolute atomic E-state index is 11.7. The van der Waals surface area contributed by atoms with Crippen molar-refractivity contribution in [1.82, 2.24) is 5.32 Å². The molecule has 0 spiro atoms. The molecule has 4 rings (SSSR count). The minimum absolute atomic E-state index is 0.0105. The first kappa shape index (κ1) is 26.9. The van der Waals surface area contributed by atoms with E-state index in [0.29, 0.717) is 6.54 Å². The molecule has 37 heavy (non-hydrogen) atoms. The van der Waals surface area contributed by atoms with E-state index in [9.17, 15) is 9.90 Å². The minimum Gasteiger partial charge on any atom is -0.445 e. The SMILES string of the molecule is C=CCOC(=O)NCc1ccc([C@H]2O[C@@H](CSc3ccccc3)[C@@H](C)[C@@H](c3ccc(CO)cc3)O2)cc1. The lowest BCUT2D eigenvalue weighted by Gasteiger charge is -2.41. The molecule has 1 fully saturated rings. The summed E-state index contributed by atoms with van der Waals surface area (Å²) in [6.07, 6.45) is 0.325. The molecule has 2 N–H and O–H groups in total. The van der Waals surface area contributed by atoms with Gasteiger partial charge in [-0.15, -0.1) is 11.8 Å². The number of carbonyl (C=O) groups is 1. The third-order valence-electron chi connectivity index (χ3n) is 6.30. The highest BCUT2D eigenvalue weighted by atomic mass is 32.2. The van der Waals surface area contributed by atoms with Gasteiger partial charge < -0.3 is 24.6 Å². The molecule has 1 heterocycles. The number of alkyl carbamates (subject to hydrolysis) is 1. The van der Waals surface area contributed by atoms with E-state index in [4.69, 9.17) is 14.2 Å². The van der Waals surface area contributed by atoms with Crippen molar-refractivity contribution >= 4 is 17.9 Å². The van der Waals surface area contributed by atoms with Gasteiger partial charge in [-0.2, -0.15) is 0 Å². The fraction of sp³-hybridized carbons (Fsp3) is 0.300. The van der Waals surface area contributed by atoms with Crippen LogP contribution in [0.25, 0.3) is 0 Å². The molecule has 1 aliphatic heterocycles. The number of benzene rings is 3. The lowest BCUT2D eigenvalue weighted by molar-refractivity contribution is -0.268. The van der Waals surface area contributed by atoms with Gasteiger partial charge in [-0.3, -0.25) is 0 Å². The fourth-order valence-corrected chi connectivity index (χ4v) is 5.25. The Labute approximate surface area is 222 Å². The van der Waals surface area contributed by atoms with Gasteiger partial charge in [-0.05, 0) is 28.8 Å². The summed E-state index contributed by atoms with van der Waals surface area (Å²) in [5.41, 5.74) is 3.78. The smallest absolute Gasteiger partial charge is 0.407 e. The molecule has 1 aliphatic rings. The molecule has 3 aromatic carbocycles. The van der Waals surface area contributed by atoms with Crippen LogP contribution >= 0.6 is 11.8 Å². The molecule has 0 radical (unpaired) electrons. The molecule has 0 bridgehead atoms. The van der Waals surface area contributed by atoms with Gasteiger partial charge in [0.1, 0.15) is 6.61 Å². The number of amides is 1. The summed E-state index contributed by atoms with van der Waals surface area (Å²) >= 11 is 1.78. The van der Waals surface area contributed by atoms with Gasteiger partial charge in [0.05, 0.1) is 18.8 Å². The second-order valence-corrected chi connectivity index (χ2v) is 10.0. The summed E-state index contributed by atoms with van der Waals surface area (Å²) in [5, 5.41) is 12.2. The molecular formula is C30H33NO5S. The molecule has 0 saturated carbocycles. The summed E-state index contributed by atoms with van der Waals surface area (Å²) in [4.78, 5) is 12.9. The van der Waals surface area contributed by atoms with Crippen molar-refractivity contribution in [3.63, 3.8) is 0 Å². The van der Waals surface area contributed by atoms with Crippen LogP contribution < -0.4 is 5.32 Å². The number of aliphatic hydroxyl groups is 1. The Morgan fingerprint density at radius 2 is 1.68 bits per heavy atom. The average molecular weight is 520 g/mol. The van der Waals surface area contributed by atoms with Crippen molar-refractivity contribution in [1.29, 1.82) is 0 Å². The van der Waals surface area contributed by atoms with Crippen LogP contribution in [0.5, 0.6) is 0 Å². The maximum atomic E-state index is 11.7. The summed E-state index contributed by atoms with van der Waals surface area (Å²) in [6.45, 7) is 6.24. The van der Waals surface area contributed by atoms with Crippen LogP contribution in [-0.2, 0) is 27.4 Å². The molecule has 3 aromatic rings. The molecule has 7 heteroatoms. The fourth-order valence-electron chi connectivity index (χ4n) is 4.16. The predicted molar refractivity (Wildman–Crippen MR) is 145 cm³/mol. The molecule has 6 nitrogen and oxygen atoms in total. The number of hydrogen-bond acceptors (Lipinski definition) is 6. The van der Waals surface area contributed by atoms with Crippen molar-refractivity contribution in [3.8, 4) is 0 Å². The quantitative estimate of drug-likeness (QED) is 0.246. The Kier molecular flexibility index (Phi) is 9.79. The van der Waals surface area contributed by atoms with Crippen LogP contribution in [0.15, 0.2) is 96.4 Å². The van der Waals surface area contributed by atoms with Crippen molar-refractivity contribution in [2.45, 2.75) is 43.5 Å². The van der Waals surface area contributed by atoms with Crippen LogP contribution in [0.4, 0.5) is 4.79 Å². The zero-order valence-electron chi connectivity index (χ0n) is 20.9. The largest absolute Gasteiger partial charge is 0.445 e. The summed E-state index contributed by atoms with van der Waals surface area (Å²) < 4.78 is 18.0. The van der Waals surface area contributed by atoms with Crippen molar-refractivity contribution in [2.24, 2.45) is 5.92 Å². The van der Waals surface area contributed by atoms with Gasteiger partial charge in [-0.25, -0.2) is 4.79 Å². The molecule has 0 aliphatic carbocycles. The second kappa shape index (κ2) is 13.4. The maximum Gasteiger partial charge on any atom is 0.407 e. The second-order valence-electron chi connectivity index (χ2n) is 8.93. The van der Waals surface area contributed by atoms with Gasteiger partial charge in [0.25, 0.3) is 0 Å². The number of rotatable bonds is 10. The standard InChI is InChI=1S/C30H33NO5S/c1-3-17-34-30(33)31-18-22-9-15-25(16-10-22)29-35-27(20-37-26-7-5-4-6-8-26)21(2)28(36-29)24-13-11-23(19-32)12-14-24/h3-16,21,27-29,32H,1,17-20H2,2H3,(H,31,33)/t21-,27+,28+,29+/m1/s1. The monoisotopic (exact) mass is 519 g/mol. The molecule has 0 unspecified atom stereocenters. The number of thioether (sulfide) groups is 1. The van der Waals surface area contributed by atoms with Gasteiger partial charge in [0.2, 0.25) is 0 Å². The molecular weight excluding hydrogens is 486 g/mol. The van der Waals surface area contributed by atoms with E-state index in [2.05, 4.69) is 31.0 Å². The van der Waals surface area contributed by atoms with E-state index < -0.39 is 12.4 Å². The Bertz CT molecular complexity index is 1140. The van der Waals surface area contributed by atoms with Crippen LogP contribution in [0.1, 0.15) is 41.6 Å².